The predicted molar refractivity (Wildman–Crippen MR) is 104 cm³/mol. The van der Waals surface area contributed by atoms with Crippen molar-refractivity contribution in [3.05, 3.63) is 65.2 Å². The van der Waals surface area contributed by atoms with Crippen molar-refractivity contribution in [2.24, 2.45) is 11.8 Å². The third-order valence-corrected chi connectivity index (χ3v) is 6.78. The summed E-state index contributed by atoms with van der Waals surface area (Å²) >= 11 is 1.83. The number of carbonyl (C=O) groups excluding carboxylic acids is 1. The first-order valence-electron chi connectivity index (χ1n) is 9.26. The summed E-state index contributed by atoms with van der Waals surface area (Å²) in [5.41, 5.74) is 3.32. The molecule has 0 heterocycles. The number of hydrogen-bond acceptors (Lipinski definition) is 2. The van der Waals surface area contributed by atoms with Gasteiger partial charge in [-0.15, -0.1) is 11.8 Å². The Kier molecular flexibility index (Phi) is 4.85. The van der Waals surface area contributed by atoms with Gasteiger partial charge in [-0.25, -0.2) is 0 Å². The Hall–Kier alpha value is -1.74. The Morgan fingerprint density at radius 2 is 1.80 bits per heavy atom. The number of aryl methyl sites for hydroxylation is 1. The number of hydrogen-bond donors (Lipinski definition) is 1. The third kappa shape index (κ3) is 3.92. The van der Waals surface area contributed by atoms with E-state index in [0.717, 1.165) is 23.2 Å². The van der Waals surface area contributed by atoms with Crippen LogP contribution in [-0.4, -0.2) is 11.9 Å². The van der Waals surface area contributed by atoms with Gasteiger partial charge in [0, 0.05) is 22.3 Å². The van der Waals surface area contributed by atoms with Crippen LogP contribution < -0.4 is 5.32 Å². The van der Waals surface area contributed by atoms with Crippen LogP contribution in [-0.2, 0) is 5.75 Å². The molecule has 0 aromatic heterocycles. The van der Waals surface area contributed by atoms with Crippen molar-refractivity contribution in [1.29, 1.82) is 0 Å². The summed E-state index contributed by atoms with van der Waals surface area (Å²) in [6, 6.07) is 17.1. The lowest BCUT2D eigenvalue weighted by molar-refractivity contribution is 0.0923. The molecule has 0 saturated heterocycles. The van der Waals surface area contributed by atoms with Crippen LogP contribution in [0.5, 0.6) is 0 Å². The highest BCUT2D eigenvalue weighted by Crippen LogP contribution is 2.44. The fourth-order valence-electron chi connectivity index (χ4n) is 4.23. The predicted octanol–water partition coefficient (Wildman–Crippen LogP) is 5.21. The van der Waals surface area contributed by atoms with E-state index in [9.17, 15) is 4.79 Å². The maximum atomic E-state index is 12.5. The SMILES string of the molecule is Cc1ccc(SCc2ccc(C(=O)N[C@@H]3C[C@H]4CC[C@H]3C4)cc2)cc1. The zero-order chi connectivity index (χ0) is 17.2. The molecule has 2 saturated carbocycles. The molecular weight excluding hydrogens is 326 g/mol. The molecule has 2 aliphatic rings. The second kappa shape index (κ2) is 7.25. The summed E-state index contributed by atoms with van der Waals surface area (Å²) in [7, 11) is 0. The van der Waals surface area contributed by atoms with Crippen molar-refractivity contribution in [1.82, 2.24) is 5.32 Å². The molecule has 2 aromatic rings. The maximum Gasteiger partial charge on any atom is 0.251 e. The molecule has 25 heavy (non-hydrogen) atoms. The standard InChI is InChI=1S/C22H25NOS/c1-15-2-10-20(11-3-15)25-14-16-4-7-18(8-5-16)22(24)23-21-13-17-6-9-19(21)12-17/h2-5,7-8,10-11,17,19,21H,6,9,12-14H2,1H3,(H,23,24)/t17-,19-,21+/m0/s1. The Labute approximate surface area is 154 Å². The molecule has 3 heteroatoms. The number of carbonyl (C=O) groups is 1. The van der Waals surface area contributed by atoms with Crippen molar-refractivity contribution < 1.29 is 4.79 Å². The second-order valence-electron chi connectivity index (χ2n) is 7.55. The van der Waals surface area contributed by atoms with E-state index in [-0.39, 0.29) is 5.91 Å². The summed E-state index contributed by atoms with van der Waals surface area (Å²) in [6.45, 7) is 2.11. The Balaban J connectivity index is 1.31. The van der Waals surface area contributed by atoms with Crippen LogP contribution in [0.3, 0.4) is 0 Å². The topological polar surface area (TPSA) is 29.1 Å². The molecule has 2 fully saturated rings. The number of thioether (sulfide) groups is 1. The molecule has 0 spiro atoms. The summed E-state index contributed by atoms with van der Waals surface area (Å²) in [6.07, 6.45) is 5.16. The van der Waals surface area contributed by atoms with Crippen LogP contribution in [0.25, 0.3) is 0 Å². The monoisotopic (exact) mass is 351 g/mol. The Morgan fingerprint density at radius 3 is 2.44 bits per heavy atom. The maximum absolute atomic E-state index is 12.5. The molecule has 0 unspecified atom stereocenters. The molecule has 4 rings (SSSR count). The molecule has 0 aliphatic heterocycles. The molecular formula is C22H25NOS. The van der Waals surface area contributed by atoms with Gasteiger partial charge in [0.1, 0.15) is 0 Å². The second-order valence-corrected chi connectivity index (χ2v) is 8.60. The van der Waals surface area contributed by atoms with Gasteiger partial charge >= 0.3 is 0 Å². The largest absolute Gasteiger partial charge is 0.349 e. The van der Waals surface area contributed by atoms with Crippen LogP contribution >= 0.6 is 11.8 Å². The van der Waals surface area contributed by atoms with Gasteiger partial charge in [-0.3, -0.25) is 4.79 Å². The zero-order valence-corrected chi connectivity index (χ0v) is 15.5. The molecule has 0 radical (unpaired) electrons. The molecule has 2 nitrogen and oxygen atoms in total. The zero-order valence-electron chi connectivity index (χ0n) is 14.7. The molecule has 1 N–H and O–H groups in total. The molecule has 130 valence electrons. The van der Waals surface area contributed by atoms with E-state index in [0.29, 0.717) is 6.04 Å². The van der Waals surface area contributed by atoms with Gasteiger partial charge in [0.15, 0.2) is 0 Å². The van der Waals surface area contributed by atoms with Crippen molar-refractivity contribution in [3.63, 3.8) is 0 Å². The van der Waals surface area contributed by atoms with Crippen molar-refractivity contribution >= 4 is 17.7 Å². The Bertz CT molecular complexity index is 738. The minimum Gasteiger partial charge on any atom is -0.349 e. The van der Waals surface area contributed by atoms with Gasteiger partial charge in [-0.1, -0.05) is 36.2 Å². The summed E-state index contributed by atoms with van der Waals surface area (Å²) in [5, 5.41) is 3.27. The van der Waals surface area contributed by atoms with E-state index in [1.54, 1.807) is 0 Å². The van der Waals surface area contributed by atoms with Crippen LogP contribution in [0.4, 0.5) is 0 Å². The fraction of sp³-hybridized carbons (Fsp3) is 0.409. The van der Waals surface area contributed by atoms with Crippen molar-refractivity contribution in [2.45, 2.75) is 49.3 Å². The molecule has 2 aliphatic carbocycles. The average Bonchev–Trinajstić information content (AvgIpc) is 3.25. The van der Waals surface area contributed by atoms with E-state index in [4.69, 9.17) is 0 Å². The summed E-state index contributed by atoms with van der Waals surface area (Å²) < 4.78 is 0. The number of fused-ring (bicyclic) bond motifs is 2. The number of nitrogens with one attached hydrogen (secondary N) is 1. The minimum absolute atomic E-state index is 0.0929. The van der Waals surface area contributed by atoms with E-state index < -0.39 is 0 Å². The van der Waals surface area contributed by atoms with Gasteiger partial charge in [-0.2, -0.15) is 0 Å². The van der Waals surface area contributed by atoms with Crippen LogP contribution in [0.2, 0.25) is 0 Å². The molecule has 2 aromatic carbocycles. The van der Waals surface area contributed by atoms with Crippen LogP contribution in [0.15, 0.2) is 53.4 Å². The first-order chi connectivity index (χ1) is 12.2. The van der Waals surface area contributed by atoms with Crippen molar-refractivity contribution in [3.8, 4) is 0 Å². The number of rotatable bonds is 5. The van der Waals surface area contributed by atoms with Gasteiger partial charge in [-0.05, 0) is 67.9 Å². The highest BCUT2D eigenvalue weighted by molar-refractivity contribution is 7.98. The van der Waals surface area contributed by atoms with E-state index >= 15 is 0 Å². The lowest BCUT2D eigenvalue weighted by atomic mass is 9.95. The normalized spacial score (nSPS) is 24.4. The first kappa shape index (κ1) is 16.7. The smallest absolute Gasteiger partial charge is 0.251 e. The third-order valence-electron chi connectivity index (χ3n) is 5.70. The van der Waals surface area contributed by atoms with Crippen LogP contribution in [0.1, 0.15) is 47.2 Å². The minimum atomic E-state index is 0.0929. The lowest BCUT2D eigenvalue weighted by Gasteiger charge is -2.22. The van der Waals surface area contributed by atoms with Gasteiger partial charge < -0.3 is 5.32 Å². The molecule has 2 bridgehead atoms. The average molecular weight is 352 g/mol. The number of benzene rings is 2. The van der Waals surface area contributed by atoms with E-state index in [1.165, 1.54) is 41.7 Å². The highest BCUT2D eigenvalue weighted by Gasteiger charge is 2.40. The van der Waals surface area contributed by atoms with E-state index in [1.807, 2.05) is 23.9 Å². The van der Waals surface area contributed by atoms with Gasteiger partial charge in [0.2, 0.25) is 0 Å². The highest BCUT2D eigenvalue weighted by atomic mass is 32.2. The Morgan fingerprint density at radius 1 is 1.04 bits per heavy atom. The van der Waals surface area contributed by atoms with Gasteiger partial charge in [0.25, 0.3) is 5.91 Å². The quantitative estimate of drug-likeness (QED) is 0.750. The summed E-state index contributed by atoms with van der Waals surface area (Å²) in [4.78, 5) is 13.8. The molecule has 1 amide bonds. The summed E-state index contributed by atoms with van der Waals surface area (Å²) in [5.74, 6) is 2.60. The van der Waals surface area contributed by atoms with Crippen LogP contribution in [0, 0.1) is 18.8 Å². The first-order valence-corrected chi connectivity index (χ1v) is 10.3. The van der Waals surface area contributed by atoms with Gasteiger partial charge in [0.05, 0.1) is 0 Å². The lowest BCUT2D eigenvalue weighted by Crippen LogP contribution is -2.38. The molecule has 3 atom stereocenters. The van der Waals surface area contributed by atoms with Crippen molar-refractivity contribution in [2.75, 3.05) is 0 Å². The van der Waals surface area contributed by atoms with E-state index in [2.05, 4.69) is 48.6 Å². The fourth-order valence-corrected chi connectivity index (χ4v) is 5.08. The number of amides is 1.